The second kappa shape index (κ2) is 1.94. The summed E-state index contributed by atoms with van der Waals surface area (Å²) >= 11 is 0. The van der Waals surface area contributed by atoms with Gasteiger partial charge >= 0.3 is 0 Å². The van der Waals surface area contributed by atoms with Gasteiger partial charge in [0.2, 0.25) is 0 Å². The van der Waals surface area contributed by atoms with Gasteiger partial charge in [0.05, 0.1) is 0 Å². The zero-order valence-corrected chi connectivity index (χ0v) is 5.07. The van der Waals surface area contributed by atoms with E-state index in [0.717, 1.165) is 0 Å². The molecule has 0 saturated heterocycles. The first kappa shape index (κ1) is 5.28. The summed E-state index contributed by atoms with van der Waals surface area (Å²) in [6, 6.07) is 0. The van der Waals surface area contributed by atoms with E-state index in [-0.39, 0.29) is 0 Å². The molecule has 0 N–H and O–H groups in total. The van der Waals surface area contributed by atoms with Crippen molar-refractivity contribution in [3.8, 4) is 0 Å². The Bertz CT molecular complexity index is 99.6. The lowest BCUT2D eigenvalue weighted by atomic mass is 10.2. The Kier molecular flexibility index (Phi) is 1.28. The molecule has 0 aromatic carbocycles. The molecule has 44 valence electrons. The molecule has 8 heavy (non-hydrogen) atoms. The van der Waals surface area contributed by atoms with Gasteiger partial charge < -0.3 is 0 Å². The molecular weight excluding hydrogens is 102 g/mol. The minimum Gasteiger partial charge on any atom is -0.189 e. The van der Waals surface area contributed by atoms with Crippen molar-refractivity contribution in [2.75, 3.05) is 7.05 Å². The zero-order valence-electron chi connectivity index (χ0n) is 5.07. The summed E-state index contributed by atoms with van der Waals surface area (Å²) in [5.74, 6) is 0.395. The highest BCUT2D eigenvalue weighted by atomic mass is 15.6. The Morgan fingerprint density at radius 2 is 1.88 bits per heavy atom. The maximum absolute atomic E-state index is 3.92. The highest BCUT2D eigenvalue weighted by Crippen LogP contribution is 1.95. The Labute approximate surface area is 48.7 Å². The van der Waals surface area contributed by atoms with E-state index in [1.807, 2.05) is 19.4 Å². The van der Waals surface area contributed by atoms with Crippen molar-refractivity contribution in [3.63, 3.8) is 0 Å². The zero-order chi connectivity index (χ0) is 5.98. The van der Waals surface area contributed by atoms with Crippen LogP contribution in [0.3, 0.4) is 0 Å². The Balaban J connectivity index is 2.54. The molecule has 0 fully saturated rings. The van der Waals surface area contributed by atoms with Crippen LogP contribution in [0.15, 0.2) is 10.2 Å². The minimum absolute atomic E-state index is 0.395. The van der Waals surface area contributed by atoms with Gasteiger partial charge in [0.1, 0.15) is 0 Å². The van der Waals surface area contributed by atoms with Gasteiger partial charge in [-0.25, -0.2) is 0 Å². The topological polar surface area (TPSA) is 28.0 Å². The summed E-state index contributed by atoms with van der Waals surface area (Å²) in [6.07, 6.45) is 3.71. The van der Waals surface area contributed by atoms with Crippen LogP contribution in [0.5, 0.6) is 0 Å². The van der Waals surface area contributed by atoms with E-state index in [4.69, 9.17) is 0 Å². The SMILES string of the molecule is CC1C=NN(C)N=C1. The summed E-state index contributed by atoms with van der Waals surface area (Å²) in [5, 5.41) is 9.38. The van der Waals surface area contributed by atoms with Crippen molar-refractivity contribution in [2.24, 2.45) is 16.1 Å². The summed E-state index contributed by atoms with van der Waals surface area (Å²) in [4.78, 5) is 0. The van der Waals surface area contributed by atoms with Crippen molar-refractivity contribution in [1.29, 1.82) is 0 Å². The van der Waals surface area contributed by atoms with E-state index in [0.29, 0.717) is 5.92 Å². The fraction of sp³-hybridized carbons (Fsp3) is 0.600. The largest absolute Gasteiger partial charge is 0.189 e. The molecule has 0 aliphatic carbocycles. The quantitative estimate of drug-likeness (QED) is 0.448. The van der Waals surface area contributed by atoms with Crippen LogP contribution in [-0.4, -0.2) is 24.6 Å². The van der Waals surface area contributed by atoms with Crippen LogP contribution in [0, 0.1) is 5.92 Å². The van der Waals surface area contributed by atoms with E-state index >= 15 is 0 Å². The molecule has 1 aliphatic heterocycles. The molecule has 0 radical (unpaired) electrons. The summed E-state index contributed by atoms with van der Waals surface area (Å²) in [5.41, 5.74) is 0. The van der Waals surface area contributed by atoms with Crippen molar-refractivity contribution in [3.05, 3.63) is 0 Å². The van der Waals surface area contributed by atoms with E-state index in [1.54, 1.807) is 12.2 Å². The first-order valence-corrected chi connectivity index (χ1v) is 2.61. The lowest BCUT2D eigenvalue weighted by molar-refractivity contribution is 0.372. The molecule has 0 aromatic rings. The third kappa shape index (κ3) is 1.05. The first-order chi connectivity index (χ1) is 3.79. The second-order valence-electron chi connectivity index (χ2n) is 1.88. The predicted molar refractivity (Wildman–Crippen MR) is 33.9 cm³/mol. The molecule has 1 aliphatic rings. The standard InChI is InChI=1S/C5H9N3/c1-5-3-6-8(2)7-4-5/h3-5H,1-2H3. The first-order valence-electron chi connectivity index (χ1n) is 2.61. The number of hydrogen-bond acceptors (Lipinski definition) is 3. The molecule has 3 nitrogen and oxygen atoms in total. The van der Waals surface area contributed by atoms with Crippen LogP contribution in [0.4, 0.5) is 0 Å². The fourth-order valence-electron chi connectivity index (χ4n) is 0.472. The van der Waals surface area contributed by atoms with Crippen molar-refractivity contribution >= 4 is 12.4 Å². The van der Waals surface area contributed by atoms with Crippen LogP contribution in [0.1, 0.15) is 6.92 Å². The molecule has 0 amide bonds. The summed E-state index contributed by atoms with van der Waals surface area (Å²) < 4.78 is 0. The van der Waals surface area contributed by atoms with Crippen LogP contribution >= 0.6 is 0 Å². The van der Waals surface area contributed by atoms with Crippen molar-refractivity contribution < 1.29 is 0 Å². The van der Waals surface area contributed by atoms with Gasteiger partial charge in [-0.15, -0.1) is 0 Å². The molecule has 1 rings (SSSR count). The number of rotatable bonds is 0. The lowest BCUT2D eigenvalue weighted by Crippen LogP contribution is -2.12. The highest BCUT2D eigenvalue weighted by molar-refractivity contribution is 5.83. The number of nitrogens with zero attached hydrogens (tertiary/aromatic N) is 3. The normalized spacial score (nSPS) is 20.0. The molecule has 0 spiro atoms. The van der Waals surface area contributed by atoms with Gasteiger partial charge in [0.25, 0.3) is 0 Å². The van der Waals surface area contributed by atoms with E-state index in [9.17, 15) is 0 Å². The third-order valence-corrected chi connectivity index (χ3v) is 0.938. The molecule has 0 aromatic heterocycles. The minimum atomic E-state index is 0.395. The van der Waals surface area contributed by atoms with Crippen molar-refractivity contribution in [2.45, 2.75) is 6.92 Å². The van der Waals surface area contributed by atoms with Crippen LogP contribution in [0.2, 0.25) is 0 Å². The highest BCUT2D eigenvalue weighted by Gasteiger charge is 1.97. The molecule has 0 atom stereocenters. The Hall–Kier alpha value is -0.860. The van der Waals surface area contributed by atoms with Gasteiger partial charge in [-0.1, -0.05) is 6.92 Å². The average molecular weight is 111 g/mol. The van der Waals surface area contributed by atoms with E-state index in [1.165, 1.54) is 0 Å². The average Bonchev–Trinajstić information content (AvgIpc) is 1.77. The summed E-state index contributed by atoms with van der Waals surface area (Å²) in [7, 11) is 1.80. The Morgan fingerprint density at radius 3 is 2.25 bits per heavy atom. The predicted octanol–water partition coefficient (Wildman–Crippen LogP) is 0.539. The monoisotopic (exact) mass is 111 g/mol. The van der Waals surface area contributed by atoms with Crippen LogP contribution in [0.25, 0.3) is 0 Å². The van der Waals surface area contributed by atoms with Crippen LogP contribution in [-0.2, 0) is 0 Å². The maximum Gasteiger partial charge on any atom is 0.0495 e. The molecule has 0 saturated carbocycles. The smallest absolute Gasteiger partial charge is 0.0495 e. The Morgan fingerprint density at radius 1 is 1.38 bits per heavy atom. The fourth-order valence-corrected chi connectivity index (χ4v) is 0.472. The third-order valence-electron chi connectivity index (χ3n) is 0.938. The van der Waals surface area contributed by atoms with Gasteiger partial charge in [0.15, 0.2) is 0 Å². The molecule has 3 heteroatoms. The van der Waals surface area contributed by atoms with Gasteiger partial charge in [-0.05, 0) is 0 Å². The van der Waals surface area contributed by atoms with Crippen molar-refractivity contribution in [1.82, 2.24) is 5.12 Å². The van der Waals surface area contributed by atoms with Gasteiger partial charge in [-0.3, -0.25) is 0 Å². The number of hydrazone groups is 2. The number of hydrogen-bond donors (Lipinski definition) is 0. The molecular formula is C5H9N3. The maximum atomic E-state index is 3.92. The van der Waals surface area contributed by atoms with E-state index < -0.39 is 0 Å². The summed E-state index contributed by atoms with van der Waals surface area (Å²) in [6.45, 7) is 2.04. The van der Waals surface area contributed by atoms with Gasteiger partial charge in [-0.2, -0.15) is 15.3 Å². The second-order valence-corrected chi connectivity index (χ2v) is 1.88. The van der Waals surface area contributed by atoms with Gasteiger partial charge in [0, 0.05) is 25.4 Å². The lowest BCUT2D eigenvalue weighted by Gasteiger charge is -2.10. The molecule has 1 heterocycles. The van der Waals surface area contributed by atoms with Crippen LogP contribution < -0.4 is 0 Å². The molecule has 0 unspecified atom stereocenters. The molecule has 0 bridgehead atoms. The van der Waals surface area contributed by atoms with E-state index in [2.05, 4.69) is 10.2 Å².